The van der Waals surface area contributed by atoms with Crippen LogP contribution in [-0.4, -0.2) is 29.8 Å². The number of fused-ring (bicyclic) bond motifs is 3. The predicted molar refractivity (Wildman–Crippen MR) is 87.8 cm³/mol. The summed E-state index contributed by atoms with van der Waals surface area (Å²) in [5, 5.41) is 0. The molecule has 2 heteroatoms. The Morgan fingerprint density at radius 3 is 2.62 bits per heavy atom. The maximum absolute atomic E-state index is 12.1. The van der Waals surface area contributed by atoms with Crippen molar-refractivity contribution in [2.24, 2.45) is 0 Å². The van der Waals surface area contributed by atoms with Gasteiger partial charge < -0.3 is 4.90 Å². The van der Waals surface area contributed by atoms with Crippen LogP contribution in [0.25, 0.3) is 6.08 Å². The quantitative estimate of drug-likeness (QED) is 0.817. The highest BCUT2D eigenvalue weighted by atomic mass is 16.1. The van der Waals surface area contributed by atoms with Gasteiger partial charge in [-0.25, -0.2) is 0 Å². The van der Waals surface area contributed by atoms with Crippen LogP contribution in [0.3, 0.4) is 0 Å². The summed E-state index contributed by atoms with van der Waals surface area (Å²) in [5.74, 6) is 0.208. The number of carbonyl (C=O) groups is 1. The van der Waals surface area contributed by atoms with E-state index in [0.29, 0.717) is 6.04 Å². The topological polar surface area (TPSA) is 20.3 Å². The molecular weight excluding hydrogens is 258 g/mol. The van der Waals surface area contributed by atoms with E-state index in [1.165, 1.54) is 43.5 Å². The molecule has 0 radical (unpaired) electrons. The molecule has 3 rings (SSSR count). The molecule has 0 amide bonds. The third-order valence-electron chi connectivity index (χ3n) is 4.82. The third-order valence-corrected chi connectivity index (χ3v) is 4.82. The van der Waals surface area contributed by atoms with Gasteiger partial charge in [-0.1, -0.05) is 32.1 Å². The molecule has 112 valence electrons. The molecule has 0 aromatic heterocycles. The summed E-state index contributed by atoms with van der Waals surface area (Å²) in [6.45, 7) is 6.91. The average molecular weight is 283 g/mol. The van der Waals surface area contributed by atoms with Crippen LogP contribution in [0.4, 0.5) is 0 Å². The second-order valence-electron chi connectivity index (χ2n) is 6.30. The molecule has 1 unspecified atom stereocenters. The molecule has 0 heterocycles. The van der Waals surface area contributed by atoms with E-state index in [0.717, 1.165) is 24.0 Å². The molecule has 2 nitrogen and oxygen atoms in total. The summed E-state index contributed by atoms with van der Waals surface area (Å²) in [6.07, 6.45) is 9.47. The van der Waals surface area contributed by atoms with Crippen LogP contribution in [0.15, 0.2) is 18.2 Å². The summed E-state index contributed by atoms with van der Waals surface area (Å²) in [5.41, 5.74) is 4.84. The van der Waals surface area contributed by atoms with Gasteiger partial charge in [0.15, 0.2) is 5.78 Å². The molecular formula is C19H25NO. The fraction of sp³-hybridized carbons (Fsp3) is 0.526. The standard InChI is InChI=1S/C19H25NO/c1-3-11-20(12-4-2)16-8-9-17-15(13-16)6-5-14-7-10-18(21)19(14)17/h5-7,10,16H,3-4,8-9,11-13H2,1-2H3. The molecule has 0 bridgehead atoms. The van der Waals surface area contributed by atoms with Crippen LogP contribution >= 0.6 is 0 Å². The lowest BCUT2D eigenvalue weighted by molar-refractivity contribution is 0.104. The second-order valence-corrected chi connectivity index (χ2v) is 6.30. The summed E-state index contributed by atoms with van der Waals surface area (Å²) in [4.78, 5) is 14.7. The first-order valence-corrected chi connectivity index (χ1v) is 8.35. The fourth-order valence-corrected chi connectivity index (χ4v) is 3.89. The minimum Gasteiger partial charge on any atom is -0.300 e. The molecule has 1 aromatic rings. The van der Waals surface area contributed by atoms with Crippen molar-refractivity contribution in [3.8, 4) is 0 Å². The normalized spacial score (nSPS) is 20.0. The molecule has 0 aliphatic heterocycles. The van der Waals surface area contributed by atoms with Crippen LogP contribution in [0.1, 0.15) is 60.2 Å². The first-order valence-electron chi connectivity index (χ1n) is 8.35. The van der Waals surface area contributed by atoms with Gasteiger partial charge in [-0.2, -0.15) is 0 Å². The molecule has 0 fully saturated rings. The Balaban J connectivity index is 1.84. The van der Waals surface area contributed by atoms with Gasteiger partial charge in [0.2, 0.25) is 0 Å². The van der Waals surface area contributed by atoms with E-state index in [2.05, 4.69) is 30.9 Å². The molecule has 0 N–H and O–H groups in total. The van der Waals surface area contributed by atoms with Crippen LogP contribution in [0.2, 0.25) is 0 Å². The van der Waals surface area contributed by atoms with Gasteiger partial charge in [-0.3, -0.25) is 4.79 Å². The average Bonchev–Trinajstić information content (AvgIpc) is 2.88. The molecule has 0 saturated heterocycles. The zero-order valence-corrected chi connectivity index (χ0v) is 13.2. The number of hydrogen-bond donors (Lipinski definition) is 0. The van der Waals surface area contributed by atoms with Gasteiger partial charge in [0.1, 0.15) is 0 Å². The molecule has 0 saturated carbocycles. The van der Waals surface area contributed by atoms with E-state index < -0.39 is 0 Å². The van der Waals surface area contributed by atoms with Crippen LogP contribution in [-0.2, 0) is 12.8 Å². The van der Waals surface area contributed by atoms with Gasteiger partial charge in [0, 0.05) is 11.6 Å². The highest BCUT2D eigenvalue weighted by molar-refractivity contribution is 6.14. The van der Waals surface area contributed by atoms with Crippen molar-refractivity contribution in [1.29, 1.82) is 0 Å². The third kappa shape index (κ3) is 2.69. The van der Waals surface area contributed by atoms with Crippen molar-refractivity contribution >= 4 is 11.9 Å². The first kappa shape index (κ1) is 14.5. The molecule has 0 spiro atoms. The number of hydrogen-bond acceptors (Lipinski definition) is 2. The van der Waals surface area contributed by atoms with Gasteiger partial charge in [-0.05, 0) is 68.0 Å². The zero-order chi connectivity index (χ0) is 14.8. The van der Waals surface area contributed by atoms with E-state index in [1.54, 1.807) is 6.08 Å². The fourth-order valence-electron chi connectivity index (χ4n) is 3.89. The van der Waals surface area contributed by atoms with Gasteiger partial charge >= 0.3 is 0 Å². The van der Waals surface area contributed by atoms with Gasteiger partial charge in [0.25, 0.3) is 0 Å². The molecule has 1 atom stereocenters. The summed E-state index contributed by atoms with van der Waals surface area (Å²) < 4.78 is 0. The molecule has 1 aromatic carbocycles. The molecule has 21 heavy (non-hydrogen) atoms. The number of nitrogens with zero attached hydrogens (tertiary/aromatic N) is 1. The van der Waals surface area contributed by atoms with E-state index in [4.69, 9.17) is 0 Å². The largest absolute Gasteiger partial charge is 0.300 e. The Morgan fingerprint density at radius 2 is 1.90 bits per heavy atom. The Morgan fingerprint density at radius 1 is 1.14 bits per heavy atom. The van der Waals surface area contributed by atoms with Gasteiger partial charge in [0.05, 0.1) is 0 Å². The predicted octanol–water partition coefficient (Wildman–Crippen LogP) is 3.88. The van der Waals surface area contributed by atoms with Crippen LogP contribution in [0.5, 0.6) is 0 Å². The lowest BCUT2D eigenvalue weighted by Gasteiger charge is -2.35. The minimum absolute atomic E-state index is 0.208. The van der Waals surface area contributed by atoms with Crippen molar-refractivity contribution in [3.63, 3.8) is 0 Å². The number of carbonyl (C=O) groups excluding carboxylic acids is 1. The summed E-state index contributed by atoms with van der Waals surface area (Å²) in [6, 6.07) is 5.03. The van der Waals surface area contributed by atoms with Crippen LogP contribution < -0.4 is 0 Å². The lowest BCUT2D eigenvalue weighted by atomic mass is 9.83. The van der Waals surface area contributed by atoms with E-state index in [9.17, 15) is 4.79 Å². The van der Waals surface area contributed by atoms with Crippen LogP contribution in [0, 0.1) is 0 Å². The monoisotopic (exact) mass is 283 g/mol. The Bertz CT molecular complexity index is 567. The summed E-state index contributed by atoms with van der Waals surface area (Å²) >= 11 is 0. The maximum Gasteiger partial charge on any atom is 0.186 e. The smallest absolute Gasteiger partial charge is 0.186 e. The minimum atomic E-state index is 0.208. The summed E-state index contributed by atoms with van der Waals surface area (Å²) in [7, 11) is 0. The van der Waals surface area contributed by atoms with Gasteiger partial charge in [-0.15, -0.1) is 0 Å². The number of allylic oxidation sites excluding steroid dienone is 1. The first-order chi connectivity index (χ1) is 10.2. The Hall–Kier alpha value is -1.41. The Kier molecular flexibility index (Phi) is 4.25. The van der Waals surface area contributed by atoms with E-state index >= 15 is 0 Å². The highest BCUT2D eigenvalue weighted by Gasteiger charge is 2.28. The van der Waals surface area contributed by atoms with Crippen molar-refractivity contribution in [1.82, 2.24) is 4.90 Å². The maximum atomic E-state index is 12.1. The SMILES string of the molecule is CCCN(CCC)C1CCc2c(ccc3c2C(=O)C=C3)C1. The number of rotatable bonds is 5. The number of benzene rings is 1. The second kappa shape index (κ2) is 6.15. The lowest BCUT2D eigenvalue weighted by Crippen LogP contribution is -2.40. The number of ketones is 1. The molecule has 2 aliphatic rings. The van der Waals surface area contributed by atoms with Crippen molar-refractivity contribution in [2.75, 3.05) is 13.1 Å². The van der Waals surface area contributed by atoms with E-state index in [-0.39, 0.29) is 5.78 Å². The molecule has 2 aliphatic carbocycles. The van der Waals surface area contributed by atoms with E-state index in [1.807, 2.05) is 6.08 Å². The van der Waals surface area contributed by atoms with Crippen molar-refractivity contribution < 1.29 is 4.79 Å². The highest BCUT2D eigenvalue weighted by Crippen LogP contribution is 2.32. The van der Waals surface area contributed by atoms with Crippen molar-refractivity contribution in [3.05, 3.63) is 40.5 Å². The zero-order valence-electron chi connectivity index (χ0n) is 13.2. The Labute approximate surface area is 127 Å². The van der Waals surface area contributed by atoms with Crippen molar-refractivity contribution in [2.45, 2.75) is 52.0 Å².